The Morgan fingerprint density at radius 2 is 1.53 bits per heavy atom. The molecule has 0 radical (unpaired) electrons. The van der Waals surface area contributed by atoms with E-state index in [0.717, 1.165) is 12.0 Å². The van der Waals surface area contributed by atoms with Gasteiger partial charge in [-0.05, 0) is 65.0 Å². The third-order valence-corrected chi connectivity index (χ3v) is 4.79. The lowest BCUT2D eigenvalue weighted by Crippen LogP contribution is -2.55. The normalized spacial score (nSPS) is 13.8. The van der Waals surface area contributed by atoms with Crippen molar-refractivity contribution in [1.29, 1.82) is 0 Å². The maximum atomic E-state index is 13.5. The minimum Gasteiger partial charge on any atom is -0.444 e. The molecule has 0 saturated heterocycles. The first kappa shape index (κ1) is 27.5. The number of benzene rings is 1. The highest BCUT2D eigenvalue weighted by atomic mass is 16.6. The van der Waals surface area contributed by atoms with Gasteiger partial charge in [-0.25, -0.2) is 4.79 Å². The second kappa shape index (κ2) is 10.8. The minimum atomic E-state index is -0.839. The fourth-order valence-electron chi connectivity index (χ4n) is 3.22. The molecule has 0 aliphatic rings. The van der Waals surface area contributed by atoms with Crippen LogP contribution >= 0.6 is 0 Å². The van der Waals surface area contributed by atoms with Gasteiger partial charge in [0.2, 0.25) is 11.8 Å². The van der Waals surface area contributed by atoms with Gasteiger partial charge >= 0.3 is 6.09 Å². The number of nitrogens with one attached hydrogen (secondary N) is 2. The fraction of sp³-hybridized carbons (Fsp3) is 0.640. The van der Waals surface area contributed by atoms with E-state index in [0.29, 0.717) is 5.56 Å². The number of carbonyl (C=O) groups is 3. The number of rotatable bonds is 7. The molecule has 1 aromatic carbocycles. The van der Waals surface area contributed by atoms with Crippen LogP contribution in [-0.4, -0.2) is 47.0 Å². The molecule has 0 aliphatic heterocycles. The van der Waals surface area contributed by atoms with Crippen molar-refractivity contribution in [2.75, 3.05) is 7.05 Å². The predicted octanol–water partition coefficient (Wildman–Crippen LogP) is 4.21. The molecule has 180 valence electrons. The van der Waals surface area contributed by atoms with Gasteiger partial charge in [0.05, 0.1) is 0 Å². The van der Waals surface area contributed by atoms with E-state index in [-0.39, 0.29) is 17.7 Å². The molecule has 7 nitrogen and oxygen atoms in total. The molecule has 32 heavy (non-hydrogen) atoms. The standard InChI is InChI=1S/C25H41N3O4/c1-11-17-12-14-18(15-13-17)20(21(29)27-24(4,5)6)28(10)22(30)19(16(2)3)26-23(31)32-25(7,8)9/h12-16,19-20H,11H2,1-10H3,(H,26,31)(H,27,29). The summed E-state index contributed by atoms with van der Waals surface area (Å²) in [7, 11) is 1.59. The quantitative estimate of drug-likeness (QED) is 0.655. The molecule has 0 heterocycles. The molecule has 2 unspecified atom stereocenters. The lowest BCUT2D eigenvalue weighted by Gasteiger charge is -2.34. The molecule has 7 heteroatoms. The van der Waals surface area contributed by atoms with Gasteiger partial charge in [0, 0.05) is 12.6 Å². The van der Waals surface area contributed by atoms with Crippen LogP contribution in [0.1, 0.15) is 79.5 Å². The minimum absolute atomic E-state index is 0.203. The number of hydrogen-bond donors (Lipinski definition) is 2. The van der Waals surface area contributed by atoms with Crippen LogP contribution in [0, 0.1) is 5.92 Å². The molecule has 1 aromatic rings. The lowest BCUT2D eigenvalue weighted by molar-refractivity contribution is -0.142. The van der Waals surface area contributed by atoms with Gasteiger partial charge in [0.15, 0.2) is 0 Å². The van der Waals surface area contributed by atoms with Crippen LogP contribution in [0.4, 0.5) is 4.79 Å². The number of nitrogens with zero attached hydrogens (tertiary/aromatic N) is 1. The zero-order chi connectivity index (χ0) is 24.9. The number of ether oxygens (including phenoxy) is 1. The second-order valence-corrected chi connectivity index (χ2v) is 10.6. The van der Waals surface area contributed by atoms with Crippen molar-refractivity contribution in [3.05, 3.63) is 35.4 Å². The molecule has 0 bridgehead atoms. The van der Waals surface area contributed by atoms with Crippen LogP contribution in [0.15, 0.2) is 24.3 Å². The molecule has 0 spiro atoms. The third-order valence-electron chi connectivity index (χ3n) is 4.79. The van der Waals surface area contributed by atoms with E-state index in [1.807, 2.05) is 58.9 Å². The van der Waals surface area contributed by atoms with Crippen molar-refractivity contribution in [2.24, 2.45) is 5.92 Å². The Morgan fingerprint density at radius 1 is 1.00 bits per heavy atom. The van der Waals surface area contributed by atoms with Crippen LogP contribution in [0.5, 0.6) is 0 Å². The topological polar surface area (TPSA) is 87.7 Å². The van der Waals surface area contributed by atoms with Crippen molar-refractivity contribution >= 4 is 17.9 Å². The first-order chi connectivity index (χ1) is 14.6. The SMILES string of the molecule is CCc1ccc(C(C(=O)NC(C)(C)C)N(C)C(=O)C(NC(=O)OC(C)(C)C)C(C)C)cc1. The second-order valence-electron chi connectivity index (χ2n) is 10.6. The van der Waals surface area contributed by atoms with Gasteiger partial charge in [-0.2, -0.15) is 0 Å². The van der Waals surface area contributed by atoms with Gasteiger partial charge in [-0.1, -0.05) is 45.0 Å². The highest BCUT2D eigenvalue weighted by molar-refractivity contribution is 5.92. The van der Waals surface area contributed by atoms with Crippen LogP contribution in [0.2, 0.25) is 0 Å². The number of likely N-dealkylation sites (N-methyl/N-ethyl adjacent to an activating group) is 1. The first-order valence-electron chi connectivity index (χ1n) is 11.2. The largest absolute Gasteiger partial charge is 0.444 e. The maximum absolute atomic E-state index is 13.5. The number of amides is 3. The Morgan fingerprint density at radius 3 is 1.94 bits per heavy atom. The molecule has 3 amide bonds. The van der Waals surface area contributed by atoms with E-state index in [2.05, 4.69) is 17.6 Å². The summed E-state index contributed by atoms with van der Waals surface area (Å²) in [6, 6.07) is 6.00. The summed E-state index contributed by atoms with van der Waals surface area (Å²) in [5, 5.41) is 5.66. The summed E-state index contributed by atoms with van der Waals surface area (Å²) in [5.74, 6) is -0.844. The van der Waals surface area contributed by atoms with Crippen LogP contribution in [0.3, 0.4) is 0 Å². The van der Waals surface area contributed by atoms with E-state index in [1.165, 1.54) is 4.90 Å². The average Bonchev–Trinajstić information content (AvgIpc) is 2.63. The Hall–Kier alpha value is -2.57. The highest BCUT2D eigenvalue weighted by Crippen LogP contribution is 2.24. The molecule has 0 fully saturated rings. The average molecular weight is 448 g/mol. The Bertz CT molecular complexity index is 789. The number of alkyl carbamates (subject to hydrolysis) is 1. The monoisotopic (exact) mass is 447 g/mol. The summed E-state index contributed by atoms with van der Waals surface area (Å²) in [6.07, 6.45) is 0.212. The van der Waals surface area contributed by atoms with Crippen molar-refractivity contribution in [3.63, 3.8) is 0 Å². The summed E-state index contributed by atoms with van der Waals surface area (Å²) in [4.78, 5) is 40.5. The molecule has 2 N–H and O–H groups in total. The molecule has 0 aromatic heterocycles. The van der Waals surface area contributed by atoms with Gasteiger partial charge in [-0.15, -0.1) is 0 Å². The molecule has 2 atom stereocenters. The lowest BCUT2D eigenvalue weighted by atomic mass is 9.97. The maximum Gasteiger partial charge on any atom is 0.408 e. The summed E-state index contributed by atoms with van der Waals surface area (Å²) >= 11 is 0. The van der Waals surface area contributed by atoms with E-state index in [9.17, 15) is 14.4 Å². The highest BCUT2D eigenvalue weighted by Gasteiger charge is 2.36. The predicted molar refractivity (Wildman–Crippen MR) is 127 cm³/mol. The summed E-state index contributed by atoms with van der Waals surface area (Å²) in [6.45, 7) is 16.7. The van der Waals surface area contributed by atoms with Crippen LogP contribution in [0.25, 0.3) is 0 Å². The van der Waals surface area contributed by atoms with Crippen LogP contribution in [-0.2, 0) is 20.7 Å². The van der Waals surface area contributed by atoms with Gasteiger partial charge < -0.3 is 20.3 Å². The van der Waals surface area contributed by atoms with Gasteiger partial charge in [-0.3, -0.25) is 9.59 Å². The fourth-order valence-corrected chi connectivity index (χ4v) is 3.22. The molecule has 0 saturated carbocycles. The Kier molecular flexibility index (Phi) is 9.30. The van der Waals surface area contributed by atoms with Crippen molar-refractivity contribution in [2.45, 2.75) is 92.0 Å². The van der Waals surface area contributed by atoms with E-state index < -0.39 is 29.3 Å². The molecule has 0 aliphatic carbocycles. The molecular weight excluding hydrogens is 406 g/mol. The summed E-state index contributed by atoms with van der Waals surface area (Å²) in [5.41, 5.74) is 0.704. The Labute approximate surface area is 193 Å². The Balaban J connectivity index is 3.26. The summed E-state index contributed by atoms with van der Waals surface area (Å²) < 4.78 is 5.33. The molecule has 1 rings (SSSR count). The molecular formula is C25H41N3O4. The van der Waals surface area contributed by atoms with Crippen molar-refractivity contribution < 1.29 is 19.1 Å². The first-order valence-corrected chi connectivity index (χ1v) is 11.2. The van der Waals surface area contributed by atoms with Crippen molar-refractivity contribution in [1.82, 2.24) is 15.5 Å². The zero-order valence-electron chi connectivity index (χ0n) is 21.3. The van der Waals surface area contributed by atoms with E-state index in [1.54, 1.807) is 27.8 Å². The number of aryl methyl sites for hydroxylation is 1. The van der Waals surface area contributed by atoms with Crippen LogP contribution < -0.4 is 10.6 Å². The van der Waals surface area contributed by atoms with E-state index in [4.69, 9.17) is 4.74 Å². The number of carbonyl (C=O) groups excluding carboxylic acids is 3. The smallest absolute Gasteiger partial charge is 0.408 e. The van der Waals surface area contributed by atoms with Gasteiger partial charge in [0.25, 0.3) is 0 Å². The van der Waals surface area contributed by atoms with E-state index >= 15 is 0 Å². The zero-order valence-corrected chi connectivity index (χ0v) is 21.3. The number of hydrogen-bond acceptors (Lipinski definition) is 4. The van der Waals surface area contributed by atoms with Crippen molar-refractivity contribution in [3.8, 4) is 0 Å². The van der Waals surface area contributed by atoms with Gasteiger partial charge in [0.1, 0.15) is 17.7 Å². The third kappa shape index (κ3) is 8.52.